The number of carbonyl (C=O) groups is 1. The zero-order valence-corrected chi connectivity index (χ0v) is 19.9. The summed E-state index contributed by atoms with van der Waals surface area (Å²) in [5.74, 6) is -0.182. The van der Waals surface area contributed by atoms with Gasteiger partial charge in [0.05, 0.1) is 0 Å². The maximum absolute atomic E-state index is 12.1. The second kappa shape index (κ2) is 11.7. The summed E-state index contributed by atoms with van der Waals surface area (Å²) >= 11 is 25.5. The predicted octanol–water partition coefficient (Wildman–Crippen LogP) is 5.67. The van der Waals surface area contributed by atoms with Crippen molar-refractivity contribution in [1.82, 2.24) is 10.6 Å². The molecule has 0 heterocycles. The number of unbranched alkanes of at least 4 members (excludes halogenated alkanes) is 3. The van der Waals surface area contributed by atoms with Gasteiger partial charge in [0.25, 0.3) is 0 Å². The zero-order valence-electron chi connectivity index (χ0n) is 14.7. The van der Waals surface area contributed by atoms with Crippen molar-refractivity contribution in [3.8, 4) is 0 Å². The molecule has 0 aliphatic carbocycles. The number of hydrogen-bond donors (Lipinski definition) is 3. The molecule has 1 atom stereocenters. The number of thiocarbonyl (C=S) groups is 1. The van der Waals surface area contributed by atoms with Crippen LogP contribution in [0.4, 0.5) is 5.69 Å². The lowest BCUT2D eigenvalue weighted by molar-refractivity contribution is -0.122. The van der Waals surface area contributed by atoms with Crippen molar-refractivity contribution < 1.29 is 4.79 Å². The van der Waals surface area contributed by atoms with E-state index in [1.54, 1.807) is 0 Å². The summed E-state index contributed by atoms with van der Waals surface area (Å²) in [4.78, 5) is 12.1. The first kappa shape index (κ1) is 24.0. The summed E-state index contributed by atoms with van der Waals surface area (Å²) in [6.07, 6.45) is 3.46. The number of amides is 1. The number of aryl methyl sites for hydroxylation is 1. The van der Waals surface area contributed by atoms with Crippen molar-refractivity contribution in [2.45, 2.75) is 55.9 Å². The minimum absolute atomic E-state index is 0.182. The third-order valence-electron chi connectivity index (χ3n) is 3.60. The van der Waals surface area contributed by atoms with E-state index in [1.165, 1.54) is 0 Å². The van der Waals surface area contributed by atoms with Gasteiger partial charge in [0.1, 0.15) is 6.17 Å². The summed E-state index contributed by atoms with van der Waals surface area (Å²) in [5, 5.41) is 8.89. The van der Waals surface area contributed by atoms with Crippen LogP contribution in [0.2, 0.25) is 0 Å². The van der Waals surface area contributed by atoms with Crippen LogP contribution in [0, 0.1) is 10.5 Å². The molecule has 26 heavy (non-hydrogen) atoms. The third kappa shape index (κ3) is 9.26. The van der Waals surface area contributed by atoms with E-state index < -0.39 is 9.96 Å². The molecule has 9 heteroatoms. The van der Waals surface area contributed by atoms with E-state index in [0.717, 1.165) is 40.5 Å². The van der Waals surface area contributed by atoms with Crippen molar-refractivity contribution in [3.63, 3.8) is 0 Å². The number of halogens is 4. The van der Waals surface area contributed by atoms with Crippen LogP contribution in [-0.2, 0) is 4.79 Å². The van der Waals surface area contributed by atoms with Crippen LogP contribution in [0.5, 0.6) is 0 Å². The topological polar surface area (TPSA) is 53.2 Å². The lowest BCUT2D eigenvalue weighted by Gasteiger charge is -2.28. The van der Waals surface area contributed by atoms with Crippen molar-refractivity contribution in [2.24, 2.45) is 0 Å². The molecular weight excluding hydrogens is 528 g/mol. The Labute approximate surface area is 189 Å². The van der Waals surface area contributed by atoms with E-state index in [2.05, 4.69) is 45.5 Å². The molecule has 0 radical (unpaired) electrons. The Kier molecular flexibility index (Phi) is 10.8. The molecule has 0 saturated carbocycles. The maximum Gasteiger partial charge on any atom is 0.228 e. The molecule has 0 aliphatic rings. The van der Waals surface area contributed by atoms with Crippen LogP contribution in [0.1, 0.15) is 44.6 Å². The number of anilines is 1. The van der Waals surface area contributed by atoms with Crippen molar-refractivity contribution in [3.05, 3.63) is 27.3 Å². The summed E-state index contributed by atoms with van der Waals surface area (Å²) in [5.41, 5.74) is 1.88. The lowest BCUT2D eigenvalue weighted by atomic mass is 10.1. The number of benzene rings is 1. The molecule has 0 aliphatic heterocycles. The Balaban J connectivity index is 2.63. The number of alkyl halides is 3. The van der Waals surface area contributed by atoms with Crippen LogP contribution in [-0.4, -0.2) is 21.0 Å². The molecule has 0 saturated heterocycles. The molecule has 0 bridgehead atoms. The molecule has 1 unspecified atom stereocenters. The zero-order chi connectivity index (χ0) is 19.7. The van der Waals surface area contributed by atoms with Crippen LogP contribution < -0.4 is 16.0 Å². The molecule has 0 aromatic heterocycles. The Bertz CT molecular complexity index is 626. The van der Waals surface area contributed by atoms with Crippen LogP contribution in [0.15, 0.2) is 18.2 Å². The molecule has 0 fully saturated rings. The van der Waals surface area contributed by atoms with E-state index in [9.17, 15) is 4.79 Å². The summed E-state index contributed by atoms with van der Waals surface area (Å²) in [7, 11) is 0. The standard InChI is InChI=1S/C17H23Cl3IN3OS/c1-3-4-5-6-7-14(25)23-15(17(18,19)20)24-16(26)22-13-9-8-12(21)10-11(13)2/h8-10,15H,3-7H2,1-2H3,(H,23,25)(H2,22,24,26). The molecular formula is C17H23Cl3IN3OS. The van der Waals surface area contributed by atoms with E-state index >= 15 is 0 Å². The summed E-state index contributed by atoms with van der Waals surface area (Å²) < 4.78 is -0.620. The Morgan fingerprint density at radius 1 is 1.23 bits per heavy atom. The van der Waals surface area contributed by atoms with Gasteiger partial charge in [-0.25, -0.2) is 0 Å². The predicted molar refractivity (Wildman–Crippen MR) is 124 cm³/mol. The average Bonchev–Trinajstić information content (AvgIpc) is 2.53. The average molecular weight is 551 g/mol. The van der Waals surface area contributed by atoms with E-state index in [0.29, 0.717) is 6.42 Å². The quantitative estimate of drug-likeness (QED) is 0.128. The molecule has 1 aromatic rings. The number of rotatable bonds is 8. The number of carbonyl (C=O) groups excluding carboxylic acids is 1. The van der Waals surface area contributed by atoms with E-state index in [4.69, 9.17) is 47.0 Å². The largest absolute Gasteiger partial charge is 0.339 e. The van der Waals surface area contributed by atoms with Gasteiger partial charge < -0.3 is 16.0 Å². The summed E-state index contributed by atoms with van der Waals surface area (Å²) in [6.45, 7) is 4.09. The second-order valence-electron chi connectivity index (χ2n) is 5.91. The highest BCUT2D eigenvalue weighted by Crippen LogP contribution is 2.29. The first-order chi connectivity index (χ1) is 12.1. The minimum atomic E-state index is -1.74. The monoisotopic (exact) mass is 549 g/mol. The van der Waals surface area contributed by atoms with Crippen LogP contribution in [0.25, 0.3) is 0 Å². The van der Waals surface area contributed by atoms with Crippen LogP contribution in [0.3, 0.4) is 0 Å². The van der Waals surface area contributed by atoms with Crippen molar-refractivity contribution >= 4 is 86.3 Å². The first-order valence-electron chi connectivity index (χ1n) is 8.33. The van der Waals surface area contributed by atoms with E-state index in [-0.39, 0.29) is 11.0 Å². The molecule has 1 aromatic carbocycles. The first-order valence-corrected chi connectivity index (χ1v) is 10.9. The van der Waals surface area contributed by atoms with Crippen molar-refractivity contribution in [2.75, 3.05) is 5.32 Å². The third-order valence-corrected chi connectivity index (χ3v) is 5.15. The highest BCUT2D eigenvalue weighted by atomic mass is 127. The molecule has 1 rings (SSSR count). The fourth-order valence-electron chi connectivity index (χ4n) is 2.20. The maximum atomic E-state index is 12.1. The Morgan fingerprint density at radius 2 is 1.92 bits per heavy atom. The van der Waals surface area contributed by atoms with Gasteiger partial charge in [-0.3, -0.25) is 4.79 Å². The molecule has 0 spiro atoms. The van der Waals surface area contributed by atoms with Gasteiger partial charge >= 0.3 is 0 Å². The Morgan fingerprint density at radius 3 is 2.50 bits per heavy atom. The second-order valence-corrected chi connectivity index (χ2v) is 9.93. The van der Waals surface area contributed by atoms with Gasteiger partial charge in [0.2, 0.25) is 9.70 Å². The lowest BCUT2D eigenvalue weighted by Crippen LogP contribution is -2.56. The molecule has 3 N–H and O–H groups in total. The fourth-order valence-corrected chi connectivity index (χ4v) is 3.40. The van der Waals surface area contributed by atoms with Crippen LogP contribution >= 0.6 is 69.6 Å². The van der Waals surface area contributed by atoms with Gasteiger partial charge in [-0.15, -0.1) is 0 Å². The molecule has 146 valence electrons. The molecule has 4 nitrogen and oxygen atoms in total. The smallest absolute Gasteiger partial charge is 0.228 e. The highest BCUT2D eigenvalue weighted by molar-refractivity contribution is 14.1. The normalized spacial score (nSPS) is 12.4. The molecule has 1 amide bonds. The van der Waals surface area contributed by atoms with E-state index in [1.807, 2.05) is 25.1 Å². The van der Waals surface area contributed by atoms with Gasteiger partial charge in [0.15, 0.2) is 5.11 Å². The SMILES string of the molecule is CCCCCCC(=O)NC(NC(=S)Nc1ccc(I)cc1C)C(Cl)(Cl)Cl. The highest BCUT2D eigenvalue weighted by Gasteiger charge is 2.34. The Hall–Kier alpha value is -0.0200. The van der Waals surface area contributed by atoms with Gasteiger partial charge in [-0.2, -0.15) is 0 Å². The minimum Gasteiger partial charge on any atom is -0.339 e. The van der Waals surface area contributed by atoms with Crippen molar-refractivity contribution in [1.29, 1.82) is 0 Å². The summed E-state index contributed by atoms with van der Waals surface area (Å²) in [6, 6.07) is 5.90. The van der Waals surface area contributed by atoms with Gasteiger partial charge in [-0.1, -0.05) is 61.0 Å². The van der Waals surface area contributed by atoms with Gasteiger partial charge in [-0.05, 0) is 71.9 Å². The number of nitrogens with one attached hydrogen (secondary N) is 3. The number of hydrogen-bond acceptors (Lipinski definition) is 2. The fraction of sp³-hybridized carbons (Fsp3) is 0.529. The van der Waals surface area contributed by atoms with Gasteiger partial charge in [0, 0.05) is 15.7 Å².